The number of carbonyl (C=O) groups excluding carboxylic acids is 1. The summed E-state index contributed by atoms with van der Waals surface area (Å²) < 4.78 is 2.20. The molecule has 3 nitrogen and oxygen atoms in total. The first-order valence-electron chi connectivity index (χ1n) is 6.17. The van der Waals surface area contributed by atoms with Gasteiger partial charge in [0.25, 0.3) is 0 Å². The SMILES string of the molecule is [B]C(=O)NCCCCCC[n+]1ccc(C)cc1. The molecule has 0 fully saturated rings. The van der Waals surface area contributed by atoms with Gasteiger partial charge in [-0.05, 0) is 25.3 Å². The molecule has 0 aromatic carbocycles. The van der Waals surface area contributed by atoms with Crippen LogP contribution in [0, 0.1) is 6.92 Å². The normalized spacial score (nSPS) is 10.2. The average Bonchev–Trinajstić information content (AvgIpc) is 2.30. The van der Waals surface area contributed by atoms with E-state index in [-0.39, 0.29) is 0 Å². The summed E-state index contributed by atoms with van der Waals surface area (Å²) in [7, 11) is 4.97. The first-order valence-corrected chi connectivity index (χ1v) is 6.17. The van der Waals surface area contributed by atoms with Crippen LogP contribution in [0.2, 0.25) is 0 Å². The zero-order valence-electron chi connectivity index (χ0n) is 10.5. The van der Waals surface area contributed by atoms with Crippen LogP contribution in [0.5, 0.6) is 0 Å². The van der Waals surface area contributed by atoms with E-state index in [1.165, 1.54) is 18.4 Å². The number of amides is 1. The van der Waals surface area contributed by atoms with Gasteiger partial charge in [-0.25, -0.2) is 4.57 Å². The Kier molecular flexibility index (Phi) is 6.37. The van der Waals surface area contributed by atoms with Crippen LogP contribution in [0.4, 0.5) is 4.79 Å². The largest absolute Gasteiger partial charge is 0.366 e. The third-order valence-electron chi connectivity index (χ3n) is 2.70. The highest BCUT2D eigenvalue weighted by Crippen LogP contribution is 1.99. The minimum absolute atomic E-state index is 0.430. The maximum atomic E-state index is 10.4. The number of aryl methyl sites for hydroxylation is 2. The number of carbonyl (C=O) groups is 1. The minimum atomic E-state index is -0.430. The third kappa shape index (κ3) is 6.77. The lowest BCUT2D eigenvalue weighted by Gasteiger charge is -2.01. The van der Waals surface area contributed by atoms with Crippen LogP contribution in [-0.2, 0) is 6.54 Å². The number of hydrogen-bond acceptors (Lipinski definition) is 1. The number of hydrogen-bond donors (Lipinski definition) is 1. The molecule has 1 heterocycles. The van der Waals surface area contributed by atoms with Gasteiger partial charge in [0.1, 0.15) is 6.54 Å². The lowest BCUT2D eigenvalue weighted by atomic mass is 10.1. The Morgan fingerprint density at radius 3 is 2.53 bits per heavy atom. The number of nitrogens with zero attached hydrogens (tertiary/aromatic N) is 1. The third-order valence-corrected chi connectivity index (χ3v) is 2.70. The summed E-state index contributed by atoms with van der Waals surface area (Å²) in [5.41, 5.74) is 1.29. The Morgan fingerprint density at radius 2 is 1.88 bits per heavy atom. The summed E-state index contributed by atoms with van der Waals surface area (Å²) in [4.78, 5) is 10.4. The van der Waals surface area contributed by atoms with E-state index in [0.717, 1.165) is 19.4 Å². The first kappa shape index (κ1) is 13.7. The summed E-state index contributed by atoms with van der Waals surface area (Å²) in [5.74, 6) is -0.430. The molecule has 90 valence electrons. The van der Waals surface area contributed by atoms with Gasteiger partial charge in [-0.3, -0.25) is 4.79 Å². The molecule has 17 heavy (non-hydrogen) atoms. The summed E-state index contributed by atoms with van der Waals surface area (Å²) >= 11 is 0. The Hall–Kier alpha value is -1.32. The fourth-order valence-electron chi connectivity index (χ4n) is 1.67. The van der Waals surface area contributed by atoms with Crippen molar-refractivity contribution < 1.29 is 9.36 Å². The van der Waals surface area contributed by atoms with Crippen molar-refractivity contribution in [1.29, 1.82) is 0 Å². The lowest BCUT2D eigenvalue weighted by molar-refractivity contribution is -0.697. The predicted molar refractivity (Wildman–Crippen MR) is 69.0 cm³/mol. The van der Waals surface area contributed by atoms with Crippen LogP contribution in [-0.4, -0.2) is 20.2 Å². The van der Waals surface area contributed by atoms with Crippen molar-refractivity contribution in [1.82, 2.24) is 5.32 Å². The van der Waals surface area contributed by atoms with Gasteiger partial charge >= 0.3 is 0 Å². The van der Waals surface area contributed by atoms with Crippen LogP contribution in [0.25, 0.3) is 0 Å². The predicted octanol–water partition coefficient (Wildman–Crippen LogP) is 1.72. The van der Waals surface area contributed by atoms with Gasteiger partial charge in [0.05, 0.1) is 0 Å². The number of aromatic nitrogens is 1. The van der Waals surface area contributed by atoms with Gasteiger partial charge in [0.15, 0.2) is 26.0 Å². The van der Waals surface area contributed by atoms with E-state index in [1.54, 1.807) is 0 Å². The molecule has 1 N–H and O–H groups in total. The van der Waals surface area contributed by atoms with Crippen molar-refractivity contribution in [3.05, 3.63) is 30.1 Å². The minimum Gasteiger partial charge on any atom is -0.366 e. The second kappa shape index (κ2) is 7.88. The second-order valence-electron chi connectivity index (χ2n) is 4.32. The van der Waals surface area contributed by atoms with E-state index in [2.05, 4.69) is 41.3 Å². The van der Waals surface area contributed by atoms with E-state index in [1.807, 2.05) is 0 Å². The molecule has 0 saturated heterocycles. The highest BCUT2D eigenvalue weighted by atomic mass is 16.1. The Morgan fingerprint density at radius 1 is 1.24 bits per heavy atom. The van der Waals surface area contributed by atoms with Crippen molar-refractivity contribution in [2.45, 2.75) is 39.2 Å². The summed E-state index contributed by atoms with van der Waals surface area (Å²) in [5, 5.41) is 2.59. The molecule has 1 aromatic rings. The molecule has 1 amide bonds. The Balaban J connectivity index is 2.01. The quantitative estimate of drug-likeness (QED) is 0.432. The van der Waals surface area contributed by atoms with Crippen LogP contribution >= 0.6 is 0 Å². The smallest absolute Gasteiger partial charge is 0.200 e. The van der Waals surface area contributed by atoms with Gasteiger partial charge in [-0.1, -0.05) is 6.42 Å². The van der Waals surface area contributed by atoms with Gasteiger partial charge < -0.3 is 5.32 Å². The van der Waals surface area contributed by atoms with Crippen molar-refractivity contribution in [2.24, 2.45) is 0 Å². The molecular formula is C13H20BN2O+. The van der Waals surface area contributed by atoms with Crippen molar-refractivity contribution in [3.8, 4) is 0 Å². The lowest BCUT2D eigenvalue weighted by Crippen LogP contribution is -2.32. The van der Waals surface area contributed by atoms with Crippen molar-refractivity contribution in [2.75, 3.05) is 6.54 Å². The molecule has 1 rings (SSSR count). The van der Waals surface area contributed by atoms with Crippen molar-refractivity contribution >= 4 is 13.7 Å². The Bertz CT molecular complexity index is 338. The molecule has 0 aliphatic carbocycles. The molecule has 0 spiro atoms. The molecule has 0 saturated carbocycles. The molecule has 1 aromatic heterocycles. The maximum Gasteiger partial charge on any atom is 0.200 e. The fourth-order valence-corrected chi connectivity index (χ4v) is 1.67. The monoisotopic (exact) mass is 231 g/mol. The van der Waals surface area contributed by atoms with Crippen LogP contribution in [0.1, 0.15) is 31.2 Å². The van der Waals surface area contributed by atoms with E-state index >= 15 is 0 Å². The molecule has 2 radical (unpaired) electrons. The topological polar surface area (TPSA) is 33.0 Å². The van der Waals surface area contributed by atoms with E-state index in [0.29, 0.717) is 6.54 Å². The number of rotatable bonds is 7. The highest BCUT2D eigenvalue weighted by molar-refractivity contribution is 6.57. The standard InChI is InChI=1S/C13H19BN2O/c1-12-6-10-16(11-7-12)9-5-3-2-4-8-15-13(14)17/h6-7,10-11H,2-5,8-9H2,1H3/p+1. The van der Waals surface area contributed by atoms with Crippen LogP contribution < -0.4 is 9.88 Å². The van der Waals surface area contributed by atoms with E-state index < -0.39 is 5.81 Å². The fraction of sp³-hybridized carbons (Fsp3) is 0.538. The van der Waals surface area contributed by atoms with E-state index in [4.69, 9.17) is 7.85 Å². The number of unbranched alkanes of at least 4 members (excludes halogenated alkanes) is 3. The molecule has 0 bridgehead atoms. The maximum absolute atomic E-state index is 10.4. The summed E-state index contributed by atoms with van der Waals surface area (Å²) in [6.45, 7) is 3.84. The van der Waals surface area contributed by atoms with Gasteiger partial charge in [-0.2, -0.15) is 0 Å². The molecular weight excluding hydrogens is 211 g/mol. The van der Waals surface area contributed by atoms with Crippen LogP contribution in [0.15, 0.2) is 24.5 Å². The number of nitrogens with one attached hydrogen (secondary N) is 1. The van der Waals surface area contributed by atoms with Gasteiger partial charge in [0, 0.05) is 25.1 Å². The molecule has 0 aliphatic rings. The highest BCUT2D eigenvalue weighted by Gasteiger charge is 1.99. The van der Waals surface area contributed by atoms with Crippen molar-refractivity contribution in [3.63, 3.8) is 0 Å². The first-order chi connectivity index (χ1) is 8.18. The zero-order valence-corrected chi connectivity index (χ0v) is 10.5. The molecule has 0 aliphatic heterocycles. The van der Waals surface area contributed by atoms with Crippen LogP contribution in [0.3, 0.4) is 0 Å². The van der Waals surface area contributed by atoms with Gasteiger partial charge in [0.2, 0.25) is 0 Å². The Labute approximate surface area is 105 Å². The molecule has 4 heteroatoms. The second-order valence-corrected chi connectivity index (χ2v) is 4.32. The molecule has 0 unspecified atom stereocenters. The zero-order chi connectivity index (χ0) is 12.5. The summed E-state index contributed by atoms with van der Waals surface area (Å²) in [6.07, 6.45) is 8.72. The molecule has 0 atom stereocenters. The summed E-state index contributed by atoms with van der Waals surface area (Å²) in [6, 6.07) is 4.24. The number of pyridine rings is 1. The van der Waals surface area contributed by atoms with E-state index in [9.17, 15) is 4.79 Å². The average molecular weight is 231 g/mol. The van der Waals surface area contributed by atoms with Gasteiger partial charge in [-0.15, -0.1) is 0 Å².